The minimum atomic E-state index is -0.521. The van der Waals surface area contributed by atoms with Crippen LogP contribution in [0.1, 0.15) is 12.8 Å². The third-order valence-corrected chi connectivity index (χ3v) is 2.71. The van der Waals surface area contributed by atoms with E-state index in [4.69, 9.17) is 4.84 Å². The lowest BCUT2D eigenvalue weighted by Gasteiger charge is -2.11. The standard InChI is InChI=1S/C9H15N3O3/c13-8(3-6-1-2-10-4-6)11-7-5-15-12-9(7)14/h6-7,10H,1-5H2,(H,11,13)(H,12,14)/t6?,7-/m1/s1. The maximum absolute atomic E-state index is 11.5. The van der Waals surface area contributed by atoms with E-state index in [9.17, 15) is 9.59 Å². The number of carbonyl (C=O) groups is 2. The van der Waals surface area contributed by atoms with Crippen molar-refractivity contribution in [2.75, 3.05) is 19.7 Å². The van der Waals surface area contributed by atoms with E-state index in [1.165, 1.54) is 0 Å². The molecule has 0 saturated carbocycles. The van der Waals surface area contributed by atoms with E-state index in [2.05, 4.69) is 16.1 Å². The van der Waals surface area contributed by atoms with Gasteiger partial charge in [0.05, 0.1) is 0 Å². The molecule has 84 valence electrons. The average molecular weight is 213 g/mol. The summed E-state index contributed by atoms with van der Waals surface area (Å²) in [7, 11) is 0. The molecule has 2 heterocycles. The number of rotatable bonds is 3. The molecule has 3 N–H and O–H groups in total. The van der Waals surface area contributed by atoms with Crippen molar-refractivity contribution < 1.29 is 14.4 Å². The summed E-state index contributed by atoms with van der Waals surface area (Å²) in [6, 6.07) is -0.521. The third kappa shape index (κ3) is 2.66. The smallest absolute Gasteiger partial charge is 0.268 e. The van der Waals surface area contributed by atoms with Crippen molar-refractivity contribution in [3.8, 4) is 0 Å². The van der Waals surface area contributed by atoms with Gasteiger partial charge in [-0.2, -0.15) is 0 Å². The van der Waals surface area contributed by atoms with Crippen molar-refractivity contribution in [1.29, 1.82) is 0 Å². The first-order valence-electron chi connectivity index (χ1n) is 5.17. The monoisotopic (exact) mass is 213 g/mol. The topological polar surface area (TPSA) is 79.5 Å². The number of hydroxylamine groups is 1. The molecule has 2 fully saturated rings. The minimum absolute atomic E-state index is 0.0747. The Hall–Kier alpha value is -1.14. The molecule has 0 radical (unpaired) electrons. The van der Waals surface area contributed by atoms with Gasteiger partial charge in [0, 0.05) is 6.42 Å². The number of nitrogens with one attached hydrogen (secondary N) is 3. The summed E-state index contributed by atoms with van der Waals surface area (Å²) in [5, 5.41) is 5.85. The van der Waals surface area contributed by atoms with Crippen molar-refractivity contribution in [1.82, 2.24) is 16.1 Å². The molecule has 2 atom stereocenters. The second kappa shape index (κ2) is 4.59. The number of hydrogen-bond acceptors (Lipinski definition) is 4. The van der Waals surface area contributed by atoms with Crippen LogP contribution < -0.4 is 16.1 Å². The maximum Gasteiger partial charge on any atom is 0.268 e. The van der Waals surface area contributed by atoms with Crippen LogP contribution in [0.5, 0.6) is 0 Å². The fraction of sp³-hybridized carbons (Fsp3) is 0.778. The first kappa shape index (κ1) is 10.4. The molecule has 0 aromatic carbocycles. The zero-order chi connectivity index (χ0) is 10.7. The number of carbonyl (C=O) groups excluding carboxylic acids is 2. The number of amides is 2. The second-order valence-corrected chi connectivity index (χ2v) is 3.96. The Morgan fingerprint density at radius 3 is 3.07 bits per heavy atom. The van der Waals surface area contributed by atoms with Crippen LogP contribution in [0, 0.1) is 5.92 Å². The van der Waals surface area contributed by atoms with Crippen LogP contribution in [0.2, 0.25) is 0 Å². The maximum atomic E-state index is 11.5. The molecule has 2 amide bonds. The Labute approximate surface area is 87.7 Å². The summed E-state index contributed by atoms with van der Waals surface area (Å²) in [5.41, 5.74) is 2.20. The van der Waals surface area contributed by atoms with Gasteiger partial charge in [0.15, 0.2) is 0 Å². The molecule has 0 spiro atoms. The van der Waals surface area contributed by atoms with Gasteiger partial charge in [0.1, 0.15) is 12.6 Å². The van der Waals surface area contributed by atoms with E-state index in [0.717, 1.165) is 19.5 Å². The quantitative estimate of drug-likeness (QED) is 0.535. The van der Waals surface area contributed by atoms with Gasteiger partial charge < -0.3 is 10.6 Å². The molecule has 15 heavy (non-hydrogen) atoms. The predicted molar refractivity (Wildman–Crippen MR) is 51.6 cm³/mol. The molecule has 1 unspecified atom stereocenters. The van der Waals surface area contributed by atoms with Crippen LogP contribution in [-0.4, -0.2) is 37.6 Å². The Morgan fingerprint density at radius 2 is 2.47 bits per heavy atom. The molecule has 6 heteroatoms. The number of hydrogen-bond donors (Lipinski definition) is 3. The summed E-state index contributed by atoms with van der Waals surface area (Å²) in [6.45, 7) is 2.08. The molecule has 2 aliphatic rings. The van der Waals surface area contributed by atoms with Crippen LogP contribution in [0.4, 0.5) is 0 Å². The summed E-state index contributed by atoms with van der Waals surface area (Å²) >= 11 is 0. The van der Waals surface area contributed by atoms with E-state index in [1.54, 1.807) is 0 Å². The van der Waals surface area contributed by atoms with Crippen LogP contribution in [-0.2, 0) is 14.4 Å². The Balaban J connectivity index is 1.74. The van der Waals surface area contributed by atoms with Gasteiger partial charge in [0.2, 0.25) is 5.91 Å². The Morgan fingerprint density at radius 1 is 1.60 bits per heavy atom. The molecule has 2 saturated heterocycles. The molecular weight excluding hydrogens is 198 g/mol. The summed E-state index contributed by atoms with van der Waals surface area (Å²) in [5.74, 6) is 0.0534. The van der Waals surface area contributed by atoms with Gasteiger partial charge in [-0.3, -0.25) is 14.4 Å². The van der Waals surface area contributed by atoms with Crippen LogP contribution in [0.3, 0.4) is 0 Å². The lowest BCUT2D eigenvalue weighted by atomic mass is 10.0. The van der Waals surface area contributed by atoms with Crippen molar-refractivity contribution in [2.45, 2.75) is 18.9 Å². The summed E-state index contributed by atoms with van der Waals surface area (Å²) in [6.07, 6.45) is 1.51. The van der Waals surface area contributed by atoms with E-state index >= 15 is 0 Å². The molecule has 0 aliphatic carbocycles. The highest BCUT2D eigenvalue weighted by Gasteiger charge is 2.28. The minimum Gasteiger partial charge on any atom is -0.342 e. The van der Waals surface area contributed by atoms with Gasteiger partial charge in [-0.05, 0) is 25.4 Å². The fourth-order valence-corrected chi connectivity index (χ4v) is 1.85. The van der Waals surface area contributed by atoms with E-state index in [0.29, 0.717) is 12.3 Å². The summed E-state index contributed by atoms with van der Waals surface area (Å²) < 4.78 is 0. The highest BCUT2D eigenvalue weighted by molar-refractivity contribution is 5.88. The van der Waals surface area contributed by atoms with Crippen LogP contribution >= 0.6 is 0 Å². The predicted octanol–water partition coefficient (Wildman–Crippen LogP) is -1.47. The van der Waals surface area contributed by atoms with Crippen LogP contribution in [0.15, 0.2) is 0 Å². The van der Waals surface area contributed by atoms with E-state index in [1.807, 2.05) is 0 Å². The fourth-order valence-electron chi connectivity index (χ4n) is 1.85. The molecule has 6 nitrogen and oxygen atoms in total. The first-order chi connectivity index (χ1) is 7.25. The molecule has 2 aliphatic heterocycles. The highest BCUT2D eigenvalue weighted by Crippen LogP contribution is 2.11. The molecule has 2 rings (SSSR count). The van der Waals surface area contributed by atoms with Gasteiger partial charge in [-0.1, -0.05) is 0 Å². The van der Waals surface area contributed by atoms with Gasteiger partial charge >= 0.3 is 0 Å². The van der Waals surface area contributed by atoms with E-state index < -0.39 is 6.04 Å². The lowest BCUT2D eigenvalue weighted by molar-refractivity contribution is -0.129. The van der Waals surface area contributed by atoms with Crippen molar-refractivity contribution in [2.24, 2.45) is 5.92 Å². The SMILES string of the molecule is O=C(CC1CCNC1)N[C@@H]1CONC1=O. The van der Waals surface area contributed by atoms with Crippen molar-refractivity contribution in [3.05, 3.63) is 0 Å². The largest absolute Gasteiger partial charge is 0.342 e. The summed E-state index contributed by atoms with van der Waals surface area (Å²) in [4.78, 5) is 27.3. The molecule has 0 aromatic heterocycles. The van der Waals surface area contributed by atoms with Gasteiger partial charge in [0.25, 0.3) is 5.91 Å². The molecular formula is C9H15N3O3. The molecule has 0 bridgehead atoms. The van der Waals surface area contributed by atoms with Crippen molar-refractivity contribution >= 4 is 11.8 Å². The normalized spacial score (nSPS) is 30.3. The Bertz CT molecular complexity index is 263. The zero-order valence-corrected chi connectivity index (χ0v) is 8.41. The van der Waals surface area contributed by atoms with Crippen LogP contribution in [0.25, 0.3) is 0 Å². The van der Waals surface area contributed by atoms with Crippen molar-refractivity contribution in [3.63, 3.8) is 0 Å². The zero-order valence-electron chi connectivity index (χ0n) is 8.41. The van der Waals surface area contributed by atoms with E-state index in [-0.39, 0.29) is 18.4 Å². The van der Waals surface area contributed by atoms with Gasteiger partial charge in [-0.25, -0.2) is 5.48 Å². The first-order valence-corrected chi connectivity index (χ1v) is 5.17. The lowest BCUT2D eigenvalue weighted by Crippen LogP contribution is -2.42. The van der Waals surface area contributed by atoms with Gasteiger partial charge in [-0.15, -0.1) is 0 Å². The third-order valence-electron chi connectivity index (χ3n) is 2.71. The molecule has 0 aromatic rings. The Kier molecular flexibility index (Phi) is 3.17. The average Bonchev–Trinajstić information content (AvgIpc) is 2.79. The second-order valence-electron chi connectivity index (χ2n) is 3.96. The highest BCUT2D eigenvalue weighted by atomic mass is 16.7.